The summed E-state index contributed by atoms with van der Waals surface area (Å²) in [5.74, 6) is 0.239. The van der Waals surface area contributed by atoms with Gasteiger partial charge in [-0.3, -0.25) is 0 Å². The van der Waals surface area contributed by atoms with Crippen molar-refractivity contribution in [3.05, 3.63) is 59.4 Å². The molecule has 2 rings (SSSR count). The van der Waals surface area contributed by atoms with Crippen LogP contribution in [0.1, 0.15) is 18.1 Å². The summed E-state index contributed by atoms with van der Waals surface area (Å²) in [7, 11) is -1.72. The molecule has 0 unspecified atom stereocenters. The van der Waals surface area contributed by atoms with Crippen LogP contribution in [0.4, 0.5) is 4.39 Å². The van der Waals surface area contributed by atoms with Crippen LogP contribution in [0.3, 0.4) is 0 Å². The van der Waals surface area contributed by atoms with Gasteiger partial charge in [0.2, 0.25) is 0 Å². The van der Waals surface area contributed by atoms with Crippen molar-refractivity contribution in [3.63, 3.8) is 0 Å². The first-order chi connectivity index (χ1) is 9.61. The summed E-state index contributed by atoms with van der Waals surface area (Å²) in [5, 5.41) is 18.5. The fourth-order valence-corrected chi connectivity index (χ4v) is 2.03. The molecule has 0 aliphatic rings. The molecule has 0 bridgehead atoms. The highest BCUT2D eigenvalue weighted by molar-refractivity contribution is 6.59. The molecule has 104 valence electrons. The molecule has 0 aliphatic carbocycles. The molecule has 0 heterocycles. The summed E-state index contributed by atoms with van der Waals surface area (Å²) >= 11 is 0. The Morgan fingerprint density at radius 3 is 2.55 bits per heavy atom. The fraction of sp³-hybridized carbons (Fsp3) is 0.200. The van der Waals surface area contributed by atoms with Crippen molar-refractivity contribution < 1.29 is 19.2 Å². The van der Waals surface area contributed by atoms with Gasteiger partial charge in [0.25, 0.3) is 0 Å². The van der Waals surface area contributed by atoms with E-state index in [4.69, 9.17) is 4.74 Å². The molecular weight excluding hydrogens is 258 g/mol. The van der Waals surface area contributed by atoms with Crippen LogP contribution >= 0.6 is 0 Å². The first-order valence-electron chi connectivity index (χ1n) is 6.47. The van der Waals surface area contributed by atoms with E-state index in [1.165, 1.54) is 12.1 Å². The lowest BCUT2D eigenvalue weighted by atomic mass is 9.77. The predicted molar refractivity (Wildman–Crippen MR) is 76.4 cm³/mol. The van der Waals surface area contributed by atoms with Gasteiger partial charge in [-0.2, -0.15) is 0 Å². The highest BCUT2D eigenvalue weighted by atomic mass is 19.1. The zero-order valence-electron chi connectivity index (χ0n) is 11.2. The zero-order valence-corrected chi connectivity index (χ0v) is 11.2. The van der Waals surface area contributed by atoms with Crippen molar-refractivity contribution in [2.75, 3.05) is 0 Å². The highest BCUT2D eigenvalue weighted by Gasteiger charge is 2.17. The van der Waals surface area contributed by atoms with E-state index in [-0.39, 0.29) is 12.1 Å². The molecule has 0 atom stereocenters. The zero-order chi connectivity index (χ0) is 14.5. The molecule has 0 spiro atoms. The van der Waals surface area contributed by atoms with Crippen LogP contribution in [0.5, 0.6) is 5.75 Å². The maximum Gasteiger partial charge on any atom is 0.488 e. The number of ether oxygens (including phenoxy) is 1. The van der Waals surface area contributed by atoms with Gasteiger partial charge in [0, 0.05) is 0 Å². The molecular formula is C15H16BFO3. The first-order valence-corrected chi connectivity index (χ1v) is 6.47. The van der Waals surface area contributed by atoms with Gasteiger partial charge in [0.15, 0.2) is 0 Å². The number of hydrogen-bond acceptors (Lipinski definition) is 3. The van der Waals surface area contributed by atoms with Crippen molar-refractivity contribution >= 4 is 12.6 Å². The van der Waals surface area contributed by atoms with Crippen LogP contribution in [-0.4, -0.2) is 17.2 Å². The molecule has 0 fully saturated rings. The molecule has 0 radical (unpaired) electrons. The van der Waals surface area contributed by atoms with E-state index < -0.39 is 12.9 Å². The second-order valence-corrected chi connectivity index (χ2v) is 4.47. The van der Waals surface area contributed by atoms with E-state index in [2.05, 4.69) is 0 Å². The van der Waals surface area contributed by atoms with E-state index in [1.807, 2.05) is 31.2 Å². The molecule has 0 saturated heterocycles. The van der Waals surface area contributed by atoms with Gasteiger partial charge in [-0.05, 0) is 41.2 Å². The van der Waals surface area contributed by atoms with Crippen LogP contribution < -0.4 is 10.2 Å². The Morgan fingerprint density at radius 1 is 1.10 bits per heavy atom. The lowest BCUT2D eigenvalue weighted by Crippen LogP contribution is -2.34. The maximum absolute atomic E-state index is 13.1. The van der Waals surface area contributed by atoms with Crippen molar-refractivity contribution in [1.29, 1.82) is 0 Å². The van der Waals surface area contributed by atoms with Crippen LogP contribution in [0.25, 0.3) is 0 Å². The van der Waals surface area contributed by atoms with Crippen LogP contribution in [0, 0.1) is 5.82 Å². The van der Waals surface area contributed by atoms with Gasteiger partial charge in [-0.15, -0.1) is 0 Å². The second-order valence-electron chi connectivity index (χ2n) is 4.47. The monoisotopic (exact) mass is 274 g/mol. The van der Waals surface area contributed by atoms with Gasteiger partial charge >= 0.3 is 7.12 Å². The van der Waals surface area contributed by atoms with Crippen LogP contribution in [0.15, 0.2) is 42.5 Å². The summed E-state index contributed by atoms with van der Waals surface area (Å²) in [4.78, 5) is 0. The lowest BCUT2D eigenvalue weighted by Gasteiger charge is -2.13. The SMILES string of the molecule is CCc1ccccc1OCc1ccc(F)cc1B(O)O. The Morgan fingerprint density at radius 2 is 1.85 bits per heavy atom. The summed E-state index contributed by atoms with van der Waals surface area (Å²) in [5.41, 5.74) is 1.74. The number of para-hydroxylation sites is 1. The van der Waals surface area contributed by atoms with Crippen LogP contribution in [-0.2, 0) is 13.0 Å². The van der Waals surface area contributed by atoms with E-state index in [1.54, 1.807) is 0 Å². The minimum absolute atomic E-state index is 0.124. The third-order valence-electron chi connectivity index (χ3n) is 3.12. The molecule has 0 amide bonds. The van der Waals surface area contributed by atoms with E-state index in [9.17, 15) is 14.4 Å². The molecule has 2 aromatic rings. The average molecular weight is 274 g/mol. The molecule has 0 saturated carbocycles. The molecule has 0 aliphatic heterocycles. The predicted octanol–water partition coefficient (Wildman–Crippen LogP) is 1.65. The molecule has 20 heavy (non-hydrogen) atoms. The van der Waals surface area contributed by atoms with Gasteiger partial charge in [0.05, 0.1) is 0 Å². The number of benzene rings is 2. The Balaban J connectivity index is 2.19. The molecule has 2 aromatic carbocycles. The number of halogens is 1. The van der Waals surface area contributed by atoms with Crippen molar-refractivity contribution in [3.8, 4) is 5.75 Å². The summed E-state index contributed by atoms with van der Waals surface area (Å²) in [6, 6.07) is 11.5. The quantitative estimate of drug-likeness (QED) is 0.815. The Labute approximate surface area is 117 Å². The summed E-state index contributed by atoms with van der Waals surface area (Å²) < 4.78 is 18.8. The van der Waals surface area contributed by atoms with E-state index in [0.29, 0.717) is 5.56 Å². The van der Waals surface area contributed by atoms with Crippen molar-refractivity contribution in [2.24, 2.45) is 0 Å². The number of hydrogen-bond donors (Lipinski definition) is 2. The largest absolute Gasteiger partial charge is 0.489 e. The topological polar surface area (TPSA) is 49.7 Å². The second kappa shape index (κ2) is 6.54. The molecule has 2 N–H and O–H groups in total. The molecule has 3 nitrogen and oxygen atoms in total. The standard InChI is InChI=1S/C15H16BFO3/c1-2-11-5-3-4-6-15(11)20-10-12-7-8-13(17)9-14(12)16(18)19/h3-9,18-19H,2,10H2,1H3. The van der Waals surface area contributed by atoms with Crippen molar-refractivity contribution in [1.82, 2.24) is 0 Å². The molecule has 5 heteroatoms. The lowest BCUT2D eigenvalue weighted by molar-refractivity contribution is 0.303. The maximum atomic E-state index is 13.1. The Kier molecular flexibility index (Phi) is 4.77. The van der Waals surface area contributed by atoms with Crippen molar-refractivity contribution in [2.45, 2.75) is 20.0 Å². The first kappa shape index (κ1) is 14.6. The third-order valence-corrected chi connectivity index (χ3v) is 3.12. The fourth-order valence-electron chi connectivity index (χ4n) is 2.03. The smallest absolute Gasteiger partial charge is 0.488 e. The Hall–Kier alpha value is -1.85. The normalized spacial score (nSPS) is 10.4. The summed E-state index contributed by atoms with van der Waals surface area (Å²) in [6.07, 6.45) is 0.842. The number of rotatable bonds is 5. The summed E-state index contributed by atoms with van der Waals surface area (Å²) in [6.45, 7) is 2.19. The van der Waals surface area contributed by atoms with Gasteiger partial charge in [-0.1, -0.05) is 31.2 Å². The van der Waals surface area contributed by atoms with Gasteiger partial charge in [0.1, 0.15) is 18.2 Å². The van der Waals surface area contributed by atoms with Crippen LogP contribution in [0.2, 0.25) is 0 Å². The third kappa shape index (κ3) is 3.38. The van der Waals surface area contributed by atoms with E-state index in [0.717, 1.165) is 23.8 Å². The number of aryl methyl sites for hydroxylation is 1. The minimum Gasteiger partial charge on any atom is -0.489 e. The van der Waals surface area contributed by atoms with E-state index >= 15 is 0 Å². The average Bonchev–Trinajstić information content (AvgIpc) is 2.46. The highest BCUT2D eigenvalue weighted by Crippen LogP contribution is 2.19. The Bertz CT molecular complexity index is 587. The van der Waals surface area contributed by atoms with Gasteiger partial charge in [-0.25, -0.2) is 4.39 Å². The minimum atomic E-state index is -1.72. The van der Waals surface area contributed by atoms with Gasteiger partial charge < -0.3 is 14.8 Å². The molecule has 0 aromatic heterocycles.